The van der Waals surface area contributed by atoms with Crippen LogP contribution >= 0.6 is 0 Å². The summed E-state index contributed by atoms with van der Waals surface area (Å²) in [5, 5.41) is 0. The van der Waals surface area contributed by atoms with Gasteiger partial charge in [0.05, 0.1) is 4.90 Å². The molecule has 0 saturated heterocycles. The van der Waals surface area contributed by atoms with E-state index < -0.39 is 25.6 Å². The maximum absolute atomic E-state index is 12.5. The Kier molecular flexibility index (Phi) is 4.44. The van der Waals surface area contributed by atoms with Gasteiger partial charge in [0.15, 0.2) is 0 Å². The summed E-state index contributed by atoms with van der Waals surface area (Å²) in [6.07, 6.45) is 2.33. The highest BCUT2D eigenvalue weighted by molar-refractivity contribution is 7.90. The molecule has 2 aromatic rings. The third-order valence-electron chi connectivity index (χ3n) is 2.99. The predicted octanol–water partition coefficient (Wildman–Crippen LogP) is 2.11. The van der Waals surface area contributed by atoms with E-state index in [9.17, 15) is 16.8 Å². The standard InChI is InChI=1S/C15H20N2O4S2/c1-12-5-7-13(8-6-12)23(20,21)17-10-9-14(11-17)22(18,19)16-15(2,3)4/h5-11,16H,1-4H3. The van der Waals surface area contributed by atoms with Gasteiger partial charge in [0.1, 0.15) is 4.90 Å². The molecule has 0 amide bonds. The van der Waals surface area contributed by atoms with Crippen LogP contribution in [0.3, 0.4) is 0 Å². The van der Waals surface area contributed by atoms with Crippen molar-refractivity contribution in [3.8, 4) is 0 Å². The van der Waals surface area contributed by atoms with Crippen LogP contribution < -0.4 is 4.72 Å². The normalized spacial score (nSPS) is 13.2. The van der Waals surface area contributed by atoms with Crippen LogP contribution in [0.15, 0.2) is 52.5 Å². The van der Waals surface area contributed by atoms with Crippen LogP contribution in [-0.4, -0.2) is 26.3 Å². The van der Waals surface area contributed by atoms with Crippen LogP contribution in [0.2, 0.25) is 0 Å². The lowest BCUT2D eigenvalue weighted by atomic mass is 10.1. The lowest BCUT2D eigenvalue weighted by Gasteiger charge is -2.19. The molecule has 1 aromatic carbocycles. The first-order valence-corrected chi connectivity index (χ1v) is 9.88. The van der Waals surface area contributed by atoms with Gasteiger partial charge in [-0.1, -0.05) is 17.7 Å². The Bertz CT molecular complexity index is 903. The van der Waals surface area contributed by atoms with Gasteiger partial charge in [-0.15, -0.1) is 0 Å². The fraction of sp³-hybridized carbons (Fsp3) is 0.333. The van der Waals surface area contributed by atoms with E-state index in [1.807, 2.05) is 6.92 Å². The molecule has 6 nitrogen and oxygen atoms in total. The molecule has 0 aliphatic carbocycles. The molecule has 0 fully saturated rings. The van der Waals surface area contributed by atoms with E-state index in [-0.39, 0.29) is 9.79 Å². The van der Waals surface area contributed by atoms with Gasteiger partial charge >= 0.3 is 0 Å². The van der Waals surface area contributed by atoms with Gasteiger partial charge < -0.3 is 0 Å². The van der Waals surface area contributed by atoms with E-state index in [0.29, 0.717) is 0 Å². The first-order valence-electron chi connectivity index (χ1n) is 6.96. The van der Waals surface area contributed by atoms with Crippen molar-refractivity contribution in [2.24, 2.45) is 0 Å². The van der Waals surface area contributed by atoms with Crippen LogP contribution in [0.25, 0.3) is 0 Å². The molecule has 23 heavy (non-hydrogen) atoms. The molecular formula is C15H20N2O4S2. The highest BCUT2D eigenvalue weighted by Gasteiger charge is 2.25. The summed E-state index contributed by atoms with van der Waals surface area (Å²) in [6, 6.07) is 7.63. The molecule has 0 bridgehead atoms. The number of aryl methyl sites for hydroxylation is 1. The van der Waals surface area contributed by atoms with Gasteiger partial charge in [0.25, 0.3) is 10.0 Å². The van der Waals surface area contributed by atoms with Crippen molar-refractivity contribution in [1.82, 2.24) is 8.69 Å². The Morgan fingerprint density at radius 2 is 1.48 bits per heavy atom. The summed E-state index contributed by atoms with van der Waals surface area (Å²) in [5.74, 6) is 0. The SMILES string of the molecule is Cc1ccc(S(=O)(=O)n2ccc(S(=O)(=O)NC(C)(C)C)c2)cc1. The molecule has 0 spiro atoms. The van der Waals surface area contributed by atoms with Crippen LogP contribution in [0.4, 0.5) is 0 Å². The lowest BCUT2D eigenvalue weighted by Crippen LogP contribution is -2.40. The lowest BCUT2D eigenvalue weighted by molar-refractivity contribution is 0.491. The Balaban J connectivity index is 2.41. The molecule has 0 aliphatic heterocycles. The van der Waals surface area contributed by atoms with E-state index in [1.165, 1.54) is 24.4 Å². The molecule has 0 radical (unpaired) electrons. The molecule has 1 aromatic heterocycles. The largest absolute Gasteiger partial charge is 0.267 e. The first-order chi connectivity index (χ1) is 10.4. The summed E-state index contributed by atoms with van der Waals surface area (Å²) in [6.45, 7) is 6.99. The highest BCUT2D eigenvalue weighted by Crippen LogP contribution is 2.19. The number of hydrogen-bond donors (Lipinski definition) is 1. The summed E-state index contributed by atoms with van der Waals surface area (Å²) in [7, 11) is -7.60. The van der Waals surface area contributed by atoms with Crippen LogP contribution in [0, 0.1) is 6.92 Å². The van der Waals surface area contributed by atoms with E-state index in [0.717, 1.165) is 15.7 Å². The van der Waals surface area contributed by atoms with Gasteiger partial charge in [-0.3, -0.25) is 0 Å². The minimum absolute atomic E-state index is 0.0943. The minimum atomic E-state index is -3.81. The average molecular weight is 356 g/mol. The Morgan fingerprint density at radius 1 is 0.913 bits per heavy atom. The Morgan fingerprint density at radius 3 is 2.00 bits per heavy atom. The van der Waals surface area contributed by atoms with Crippen molar-refractivity contribution in [2.45, 2.75) is 43.0 Å². The Hall–Kier alpha value is -1.64. The van der Waals surface area contributed by atoms with Crippen molar-refractivity contribution < 1.29 is 16.8 Å². The zero-order chi connectivity index (χ0) is 17.5. The average Bonchev–Trinajstić information content (AvgIpc) is 2.87. The van der Waals surface area contributed by atoms with Crippen LogP contribution in [0.5, 0.6) is 0 Å². The predicted molar refractivity (Wildman–Crippen MR) is 88.3 cm³/mol. The summed E-state index contributed by atoms with van der Waals surface area (Å²) in [5.41, 5.74) is 0.283. The van der Waals surface area contributed by atoms with E-state index >= 15 is 0 Å². The van der Waals surface area contributed by atoms with Crippen molar-refractivity contribution in [3.05, 3.63) is 48.3 Å². The van der Waals surface area contributed by atoms with Gasteiger partial charge in [0.2, 0.25) is 10.0 Å². The summed E-state index contributed by atoms with van der Waals surface area (Å²) in [4.78, 5) is 0.00883. The van der Waals surface area contributed by atoms with E-state index in [2.05, 4.69) is 4.72 Å². The van der Waals surface area contributed by atoms with Crippen molar-refractivity contribution in [2.75, 3.05) is 0 Å². The van der Waals surface area contributed by atoms with Gasteiger partial charge in [0, 0.05) is 17.9 Å². The number of rotatable bonds is 4. The van der Waals surface area contributed by atoms with Gasteiger partial charge in [-0.2, -0.15) is 0 Å². The Labute approximate surface area is 137 Å². The molecule has 0 unspecified atom stereocenters. The zero-order valence-corrected chi connectivity index (χ0v) is 15.1. The number of hydrogen-bond acceptors (Lipinski definition) is 4. The molecule has 1 heterocycles. The van der Waals surface area contributed by atoms with Crippen molar-refractivity contribution in [3.63, 3.8) is 0 Å². The maximum atomic E-state index is 12.5. The third-order valence-corrected chi connectivity index (χ3v) is 6.38. The highest BCUT2D eigenvalue weighted by atomic mass is 32.2. The third kappa shape index (κ3) is 4.01. The molecule has 0 atom stereocenters. The molecule has 0 saturated carbocycles. The van der Waals surface area contributed by atoms with Crippen molar-refractivity contribution in [1.29, 1.82) is 0 Å². The molecule has 8 heteroatoms. The van der Waals surface area contributed by atoms with Gasteiger partial charge in [-0.25, -0.2) is 25.5 Å². The fourth-order valence-corrected chi connectivity index (χ4v) is 4.64. The second-order valence-electron chi connectivity index (χ2n) is 6.35. The number of aromatic nitrogens is 1. The molecule has 2 rings (SSSR count). The molecule has 0 aliphatic rings. The monoisotopic (exact) mass is 356 g/mol. The number of benzene rings is 1. The second-order valence-corrected chi connectivity index (χ2v) is 9.88. The van der Waals surface area contributed by atoms with E-state index in [4.69, 9.17) is 0 Å². The topological polar surface area (TPSA) is 85.2 Å². The van der Waals surface area contributed by atoms with Crippen molar-refractivity contribution >= 4 is 20.0 Å². The summed E-state index contributed by atoms with van der Waals surface area (Å²) >= 11 is 0. The van der Waals surface area contributed by atoms with Crippen LogP contribution in [-0.2, 0) is 20.0 Å². The smallest absolute Gasteiger partial charge is 0.248 e. The maximum Gasteiger partial charge on any atom is 0.267 e. The molecule has 1 N–H and O–H groups in total. The first kappa shape index (κ1) is 17.7. The molecule has 126 valence electrons. The van der Waals surface area contributed by atoms with Gasteiger partial charge in [-0.05, 0) is 45.9 Å². The second kappa shape index (κ2) is 5.77. The number of nitrogens with one attached hydrogen (secondary N) is 1. The van der Waals surface area contributed by atoms with Crippen LogP contribution in [0.1, 0.15) is 26.3 Å². The fourth-order valence-electron chi connectivity index (χ4n) is 1.96. The quantitative estimate of drug-likeness (QED) is 0.909. The summed E-state index contributed by atoms with van der Waals surface area (Å²) < 4.78 is 52.9. The number of sulfonamides is 1. The zero-order valence-electron chi connectivity index (χ0n) is 13.4. The number of nitrogens with zero attached hydrogens (tertiary/aromatic N) is 1. The van der Waals surface area contributed by atoms with E-state index in [1.54, 1.807) is 32.9 Å². The molecular weight excluding hydrogens is 336 g/mol. The minimum Gasteiger partial charge on any atom is -0.248 e.